The molecular weight excluding hydrogens is 429 g/mol. The van der Waals surface area contributed by atoms with E-state index in [1.807, 2.05) is 0 Å². The molecule has 5 amide bonds. The van der Waals surface area contributed by atoms with Gasteiger partial charge in [0.25, 0.3) is 5.91 Å². The number of hydrogen-bond donors (Lipinski definition) is 2. The second-order valence-corrected chi connectivity index (χ2v) is 8.56. The largest absolute Gasteiger partial charge is 0.416 e. The molecule has 4 rings (SSSR count). The highest BCUT2D eigenvalue weighted by atomic mass is 19.4. The van der Waals surface area contributed by atoms with Gasteiger partial charge in [0.15, 0.2) is 0 Å². The number of likely N-dealkylation sites (tertiary alicyclic amines) is 1. The fraction of sp³-hybridized carbons (Fsp3) is 0.524. The Balaban J connectivity index is 1.38. The summed E-state index contributed by atoms with van der Waals surface area (Å²) in [6, 6.07) is 3.96. The highest BCUT2D eigenvalue weighted by Crippen LogP contribution is 2.33. The average Bonchev–Trinajstić information content (AvgIpc) is 3.21. The van der Waals surface area contributed by atoms with Crippen LogP contribution in [0, 0.1) is 5.92 Å². The van der Waals surface area contributed by atoms with Crippen LogP contribution in [0.2, 0.25) is 0 Å². The molecule has 8 nitrogen and oxygen atoms in total. The molecule has 1 unspecified atom stereocenters. The topological polar surface area (TPSA) is 98.8 Å². The first-order valence-corrected chi connectivity index (χ1v) is 10.5. The fourth-order valence-electron chi connectivity index (χ4n) is 4.58. The Labute approximate surface area is 182 Å². The smallest absolute Gasteiger partial charge is 0.338 e. The third-order valence-corrected chi connectivity index (χ3v) is 6.30. The molecule has 172 valence electrons. The molecule has 3 aliphatic rings. The van der Waals surface area contributed by atoms with E-state index in [1.165, 1.54) is 17.0 Å². The Hall–Kier alpha value is -3.11. The van der Waals surface area contributed by atoms with Crippen LogP contribution in [0.5, 0.6) is 0 Å². The number of urea groups is 1. The average molecular weight is 452 g/mol. The SMILES string of the molecule is O=C(NN1C(=O)NC2(CCCCC2)C1=O)C1CC(=O)N(Cc2cccc(C(F)(F)F)c2)C1. The summed E-state index contributed by atoms with van der Waals surface area (Å²) in [4.78, 5) is 51.4. The molecule has 1 atom stereocenters. The van der Waals surface area contributed by atoms with Crippen LogP contribution in [0.3, 0.4) is 0 Å². The molecule has 32 heavy (non-hydrogen) atoms. The molecule has 1 aliphatic carbocycles. The number of amides is 5. The van der Waals surface area contributed by atoms with E-state index in [2.05, 4.69) is 10.7 Å². The van der Waals surface area contributed by atoms with E-state index >= 15 is 0 Å². The number of nitrogens with one attached hydrogen (secondary N) is 2. The molecule has 0 bridgehead atoms. The summed E-state index contributed by atoms with van der Waals surface area (Å²) in [6.07, 6.45) is -1.05. The molecule has 1 spiro atoms. The number of hydrazine groups is 1. The van der Waals surface area contributed by atoms with Crippen LogP contribution in [0.15, 0.2) is 24.3 Å². The van der Waals surface area contributed by atoms with Gasteiger partial charge in [0.2, 0.25) is 11.8 Å². The van der Waals surface area contributed by atoms with Crippen molar-refractivity contribution in [3.05, 3.63) is 35.4 Å². The second kappa shape index (κ2) is 8.10. The summed E-state index contributed by atoms with van der Waals surface area (Å²) in [5.74, 6) is -2.36. The normalized spacial score (nSPS) is 23.1. The lowest BCUT2D eigenvalue weighted by molar-refractivity contribution is -0.141. The van der Waals surface area contributed by atoms with Crippen LogP contribution in [0.4, 0.5) is 18.0 Å². The molecular formula is C21H23F3N4O4. The van der Waals surface area contributed by atoms with Crippen LogP contribution < -0.4 is 10.7 Å². The summed E-state index contributed by atoms with van der Waals surface area (Å²) in [5.41, 5.74) is 0.829. The molecule has 11 heteroatoms. The summed E-state index contributed by atoms with van der Waals surface area (Å²) in [7, 11) is 0. The molecule has 1 saturated carbocycles. The van der Waals surface area contributed by atoms with Gasteiger partial charge < -0.3 is 10.2 Å². The van der Waals surface area contributed by atoms with E-state index < -0.39 is 41.0 Å². The lowest BCUT2D eigenvalue weighted by Crippen LogP contribution is -2.52. The van der Waals surface area contributed by atoms with Crippen molar-refractivity contribution in [1.29, 1.82) is 0 Å². The van der Waals surface area contributed by atoms with Crippen LogP contribution in [0.1, 0.15) is 49.7 Å². The van der Waals surface area contributed by atoms with Crippen molar-refractivity contribution in [3.8, 4) is 0 Å². The first-order chi connectivity index (χ1) is 15.1. The number of benzene rings is 1. The Bertz CT molecular complexity index is 959. The Morgan fingerprint density at radius 3 is 2.56 bits per heavy atom. The summed E-state index contributed by atoms with van der Waals surface area (Å²) in [5, 5.41) is 3.37. The highest BCUT2D eigenvalue weighted by molar-refractivity contribution is 6.08. The first kappa shape index (κ1) is 22.1. The monoisotopic (exact) mass is 452 g/mol. The molecule has 0 radical (unpaired) electrons. The zero-order valence-corrected chi connectivity index (χ0v) is 17.2. The Kier molecular flexibility index (Phi) is 5.59. The van der Waals surface area contributed by atoms with E-state index in [1.54, 1.807) is 0 Å². The maximum atomic E-state index is 12.9. The molecule has 2 heterocycles. The molecule has 1 aromatic rings. The number of carbonyl (C=O) groups excluding carboxylic acids is 4. The van der Waals surface area contributed by atoms with E-state index in [-0.39, 0.29) is 25.4 Å². The van der Waals surface area contributed by atoms with Crippen LogP contribution in [-0.2, 0) is 27.1 Å². The quantitative estimate of drug-likeness (QED) is 0.685. The maximum Gasteiger partial charge on any atom is 0.416 e. The van der Waals surface area contributed by atoms with E-state index in [4.69, 9.17) is 0 Å². The minimum absolute atomic E-state index is 0.0182. The van der Waals surface area contributed by atoms with Crippen molar-refractivity contribution in [3.63, 3.8) is 0 Å². The third-order valence-electron chi connectivity index (χ3n) is 6.30. The molecule has 2 N–H and O–H groups in total. The predicted octanol–water partition coefficient (Wildman–Crippen LogP) is 2.34. The minimum Gasteiger partial charge on any atom is -0.338 e. The summed E-state index contributed by atoms with van der Waals surface area (Å²) < 4.78 is 38.8. The Morgan fingerprint density at radius 2 is 1.88 bits per heavy atom. The van der Waals surface area contributed by atoms with Gasteiger partial charge in [0.05, 0.1) is 11.5 Å². The van der Waals surface area contributed by atoms with Gasteiger partial charge in [-0.1, -0.05) is 31.4 Å². The van der Waals surface area contributed by atoms with Crippen molar-refractivity contribution in [2.24, 2.45) is 5.92 Å². The van der Waals surface area contributed by atoms with Gasteiger partial charge >= 0.3 is 12.2 Å². The van der Waals surface area contributed by atoms with Gasteiger partial charge in [-0.15, -0.1) is 0 Å². The molecule has 3 fully saturated rings. The van der Waals surface area contributed by atoms with E-state index in [9.17, 15) is 32.3 Å². The molecule has 0 aromatic heterocycles. The Morgan fingerprint density at radius 1 is 1.16 bits per heavy atom. The van der Waals surface area contributed by atoms with Gasteiger partial charge in [-0.05, 0) is 30.5 Å². The first-order valence-electron chi connectivity index (χ1n) is 10.5. The van der Waals surface area contributed by atoms with Crippen LogP contribution in [-0.4, -0.2) is 45.7 Å². The van der Waals surface area contributed by atoms with Gasteiger partial charge in [-0.25, -0.2) is 4.79 Å². The number of imide groups is 1. The summed E-state index contributed by atoms with van der Waals surface area (Å²) in [6.45, 7) is -0.0888. The van der Waals surface area contributed by atoms with Crippen LogP contribution >= 0.6 is 0 Å². The number of rotatable bonds is 4. The zero-order valence-electron chi connectivity index (χ0n) is 17.2. The van der Waals surface area contributed by atoms with Crippen molar-refractivity contribution >= 4 is 23.8 Å². The highest BCUT2D eigenvalue weighted by Gasteiger charge is 2.52. The van der Waals surface area contributed by atoms with Crippen molar-refractivity contribution < 1.29 is 32.3 Å². The van der Waals surface area contributed by atoms with E-state index in [0.29, 0.717) is 23.4 Å². The van der Waals surface area contributed by atoms with Crippen LogP contribution in [0.25, 0.3) is 0 Å². The summed E-state index contributed by atoms with van der Waals surface area (Å²) >= 11 is 0. The van der Waals surface area contributed by atoms with E-state index in [0.717, 1.165) is 31.4 Å². The lowest BCUT2D eigenvalue weighted by atomic mass is 9.82. The minimum atomic E-state index is -4.49. The number of nitrogens with zero attached hydrogens (tertiary/aromatic N) is 2. The fourth-order valence-corrected chi connectivity index (χ4v) is 4.58. The van der Waals surface area contributed by atoms with Gasteiger partial charge in [-0.3, -0.25) is 19.8 Å². The number of alkyl halides is 3. The third kappa shape index (κ3) is 4.15. The van der Waals surface area contributed by atoms with Gasteiger partial charge in [-0.2, -0.15) is 18.2 Å². The molecule has 2 saturated heterocycles. The van der Waals surface area contributed by atoms with Gasteiger partial charge in [0, 0.05) is 19.5 Å². The molecule has 1 aromatic carbocycles. The van der Waals surface area contributed by atoms with Crippen molar-refractivity contribution in [2.45, 2.75) is 56.8 Å². The predicted molar refractivity (Wildman–Crippen MR) is 104 cm³/mol. The van der Waals surface area contributed by atoms with Gasteiger partial charge in [0.1, 0.15) is 5.54 Å². The number of halogens is 3. The number of carbonyl (C=O) groups is 4. The van der Waals surface area contributed by atoms with Crippen molar-refractivity contribution in [2.75, 3.05) is 6.54 Å². The number of hydrogen-bond acceptors (Lipinski definition) is 4. The molecule has 2 aliphatic heterocycles. The maximum absolute atomic E-state index is 12.9. The lowest BCUT2D eigenvalue weighted by Gasteiger charge is -2.30. The standard InChI is InChI=1S/C21H23F3N4O4/c22-21(23,24)15-6-4-5-13(9-15)11-27-12-14(10-16(27)29)17(30)26-28-18(31)20(25-19(28)32)7-2-1-3-8-20/h4-6,9,14H,1-3,7-8,10-12H2,(H,25,32)(H,26,30). The second-order valence-electron chi connectivity index (χ2n) is 8.56. The van der Waals surface area contributed by atoms with Crippen molar-refractivity contribution in [1.82, 2.24) is 20.7 Å². The zero-order chi connectivity index (χ0) is 23.1.